The number of aliphatic hydroxyl groups is 1. The first-order valence-corrected chi connectivity index (χ1v) is 9.34. The molecule has 1 saturated heterocycles. The average molecular weight is 360 g/mol. The van der Waals surface area contributed by atoms with Crippen LogP contribution < -0.4 is 15.4 Å². The van der Waals surface area contributed by atoms with E-state index in [9.17, 15) is 14.7 Å². The van der Waals surface area contributed by atoms with Crippen molar-refractivity contribution >= 4 is 18.0 Å². The highest BCUT2D eigenvalue weighted by Gasteiger charge is 2.27. The first-order valence-electron chi connectivity index (χ1n) is 9.34. The van der Waals surface area contributed by atoms with E-state index in [0.29, 0.717) is 6.61 Å². The van der Waals surface area contributed by atoms with Crippen molar-refractivity contribution in [3.05, 3.63) is 35.4 Å². The lowest BCUT2D eigenvalue weighted by atomic mass is 10.1. The number of amides is 3. The summed E-state index contributed by atoms with van der Waals surface area (Å²) in [6, 6.07) is 6.58. The highest BCUT2D eigenvalue weighted by atomic mass is 16.5. The number of carbonyl (C=O) groups is 2. The van der Waals surface area contributed by atoms with Gasteiger partial charge in [-0.3, -0.25) is 10.1 Å². The summed E-state index contributed by atoms with van der Waals surface area (Å²) in [5, 5.41) is 14.1. The maximum atomic E-state index is 11.7. The lowest BCUT2D eigenvalue weighted by Crippen LogP contribution is -2.53. The monoisotopic (exact) mass is 360 g/mol. The molecule has 1 aromatic rings. The van der Waals surface area contributed by atoms with Gasteiger partial charge in [-0.25, -0.2) is 4.79 Å². The lowest BCUT2D eigenvalue weighted by molar-refractivity contribution is -0.118. The fourth-order valence-corrected chi connectivity index (χ4v) is 2.77. The van der Waals surface area contributed by atoms with E-state index >= 15 is 0 Å². The fourth-order valence-electron chi connectivity index (χ4n) is 2.77. The highest BCUT2D eigenvalue weighted by molar-refractivity contribution is 6.09. The van der Waals surface area contributed by atoms with Crippen molar-refractivity contribution < 1.29 is 19.4 Å². The van der Waals surface area contributed by atoms with E-state index < -0.39 is 18.2 Å². The first kappa shape index (κ1) is 20.0. The minimum atomic E-state index is -1.30. The Morgan fingerprint density at radius 2 is 1.69 bits per heavy atom. The van der Waals surface area contributed by atoms with Gasteiger partial charge < -0.3 is 15.2 Å². The topological polar surface area (TPSA) is 87.7 Å². The summed E-state index contributed by atoms with van der Waals surface area (Å²) in [5.74, 6) is 0.181. The van der Waals surface area contributed by atoms with Crippen LogP contribution in [0.2, 0.25) is 0 Å². The van der Waals surface area contributed by atoms with Crippen molar-refractivity contribution in [2.75, 3.05) is 6.61 Å². The van der Waals surface area contributed by atoms with Crippen molar-refractivity contribution in [1.82, 2.24) is 10.6 Å². The predicted molar refractivity (Wildman–Crippen MR) is 101 cm³/mol. The number of unbranched alkanes of at least 4 members (excludes halogenated alkanes) is 6. The van der Waals surface area contributed by atoms with Gasteiger partial charge >= 0.3 is 6.03 Å². The number of benzene rings is 1. The zero-order valence-corrected chi connectivity index (χ0v) is 15.3. The number of rotatable bonds is 10. The summed E-state index contributed by atoms with van der Waals surface area (Å²) in [4.78, 5) is 22.8. The number of hydrogen-bond acceptors (Lipinski definition) is 4. The number of ether oxygens (including phenoxy) is 1. The Labute approximate surface area is 154 Å². The van der Waals surface area contributed by atoms with Gasteiger partial charge in [0.2, 0.25) is 0 Å². The molecule has 1 aliphatic heterocycles. The summed E-state index contributed by atoms with van der Waals surface area (Å²) >= 11 is 0. The molecule has 0 aromatic heterocycles. The third kappa shape index (κ3) is 6.52. The molecule has 0 bridgehead atoms. The van der Waals surface area contributed by atoms with Gasteiger partial charge in [-0.2, -0.15) is 0 Å². The number of urea groups is 1. The van der Waals surface area contributed by atoms with Gasteiger partial charge in [0.05, 0.1) is 12.2 Å². The number of carbonyl (C=O) groups excluding carboxylic acids is 2. The van der Waals surface area contributed by atoms with E-state index in [4.69, 9.17) is 4.74 Å². The Morgan fingerprint density at radius 1 is 1.04 bits per heavy atom. The summed E-state index contributed by atoms with van der Waals surface area (Å²) in [6.45, 7) is 2.92. The predicted octanol–water partition coefficient (Wildman–Crippen LogP) is 3.36. The van der Waals surface area contributed by atoms with E-state index in [0.717, 1.165) is 17.7 Å². The standard InChI is InChI=1S/C20H28N2O4/c1-2-3-4-5-6-7-8-13-26-16-11-9-15(10-12-16)14-17-18(23)21-20(25)22-19(17)24/h9-12,14,18,23H,2-8,13H2,1H3,(H2,21,22,24,25)/b17-14+. The SMILES string of the molecule is CCCCCCCCCOc1ccc(/C=C2/C(=O)NC(=O)NC2O)cc1. The molecule has 2 rings (SSSR count). The summed E-state index contributed by atoms with van der Waals surface area (Å²) in [7, 11) is 0. The molecule has 26 heavy (non-hydrogen) atoms. The van der Waals surface area contributed by atoms with Gasteiger partial charge in [-0.15, -0.1) is 0 Å². The molecule has 1 aliphatic rings. The molecule has 6 heteroatoms. The van der Waals surface area contributed by atoms with Crippen molar-refractivity contribution in [2.24, 2.45) is 0 Å². The van der Waals surface area contributed by atoms with Crippen LogP contribution in [-0.4, -0.2) is 29.9 Å². The highest BCUT2D eigenvalue weighted by Crippen LogP contribution is 2.17. The Bertz CT molecular complexity index is 625. The van der Waals surface area contributed by atoms with Crippen LogP contribution in [0.4, 0.5) is 4.79 Å². The molecule has 0 aliphatic carbocycles. The summed E-state index contributed by atoms with van der Waals surface area (Å²) < 4.78 is 5.73. The third-order valence-electron chi connectivity index (χ3n) is 4.27. The second-order valence-electron chi connectivity index (χ2n) is 6.47. The Hall–Kier alpha value is -2.34. The molecule has 1 atom stereocenters. The molecule has 0 spiro atoms. The molecule has 142 valence electrons. The van der Waals surface area contributed by atoms with Crippen LogP contribution in [0.5, 0.6) is 5.75 Å². The van der Waals surface area contributed by atoms with Crippen LogP contribution >= 0.6 is 0 Å². The molecule has 1 heterocycles. The fraction of sp³-hybridized carbons (Fsp3) is 0.500. The number of nitrogens with one attached hydrogen (secondary N) is 2. The van der Waals surface area contributed by atoms with Gasteiger partial charge in [-0.1, -0.05) is 57.6 Å². The molecular formula is C20H28N2O4. The third-order valence-corrected chi connectivity index (χ3v) is 4.27. The molecular weight excluding hydrogens is 332 g/mol. The van der Waals surface area contributed by atoms with Crippen molar-refractivity contribution in [2.45, 2.75) is 58.1 Å². The largest absolute Gasteiger partial charge is 0.494 e. The Kier molecular flexibility index (Phi) is 8.15. The zero-order chi connectivity index (χ0) is 18.8. The van der Waals surface area contributed by atoms with Crippen LogP contribution in [0.1, 0.15) is 57.4 Å². The minimum absolute atomic E-state index is 0.0985. The van der Waals surface area contributed by atoms with Crippen molar-refractivity contribution in [1.29, 1.82) is 0 Å². The van der Waals surface area contributed by atoms with Crippen LogP contribution in [0, 0.1) is 0 Å². The van der Waals surface area contributed by atoms with Crippen molar-refractivity contribution in [3.8, 4) is 5.75 Å². The second kappa shape index (κ2) is 10.6. The minimum Gasteiger partial charge on any atom is -0.494 e. The van der Waals surface area contributed by atoms with Crippen LogP contribution in [0.25, 0.3) is 6.08 Å². The first-order chi connectivity index (χ1) is 12.6. The molecule has 0 saturated carbocycles. The second-order valence-corrected chi connectivity index (χ2v) is 6.47. The Morgan fingerprint density at radius 3 is 2.35 bits per heavy atom. The molecule has 0 radical (unpaired) electrons. The number of aliphatic hydroxyl groups excluding tert-OH is 1. The average Bonchev–Trinajstić information content (AvgIpc) is 2.61. The zero-order valence-electron chi connectivity index (χ0n) is 15.3. The molecule has 1 unspecified atom stereocenters. The summed E-state index contributed by atoms with van der Waals surface area (Å²) in [6.07, 6.45) is 8.96. The van der Waals surface area contributed by atoms with E-state index in [1.807, 2.05) is 24.3 Å². The molecule has 3 amide bonds. The lowest BCUT2D eigenvalue weighted by Gasteiger charge is -2.21. The van der Waals surface area contributed by atoms with Gasteiger partial charge in [-0.05, 0) is 30.2 Å². The van der Waals surface area contributed by atoms with E-state index in [1.54, 1.807) is 6.08 Å². The van der Waals surface area contributed by atoms with Gasteiger partial charge in [0.15, 0.2) is 6.23 Å². The van der Waals surface area contributed by atoms with E-state index in [2.05, 4.69) is 17.6 Å². The van der Waals surface area contributed by atoms with Crippen LogP contribution in [0.3, 0.4) is 0 Å². The number of hydrogen-bond donors (Lipinski definition) is 3. The maximum absolute atomic E-state index is 11.7. The van der Waals surface area contributed by atoms with Crippen LogP contribution in [-0.2, 0) is 4.79 Å². The van der Waals surface area contributed by atoms with E-state index in [-0.39, 0.29) is 5.57 Å². The maximum Gasteiger partial charge on any atom is 0.323 e. The molecule has 1 fully saturated rings. The quantitative estimate of drug-likeness (QED) is 0.441. The summed E-state index contributed by atoms with van der Waals surface area (Å²) in [5.41, 5.74) is 0.843. The molecule has 1 aromatic carbocycles. The van der Waals surface area contributed by atoms with Gasteiger partial charge in [0.1, 0.15) is 5.75 Å². The molecule has 3 N–H and O–H groups in total. The normalized spacial score (nSPS) is 18.5. The Balaban J connectivity index is 1.75. The van der Waals surface area contributed by atoms with Gasteiger partial charge in [0, 0.05) is 0 Å². The van der Waals surface area contributed by atoms with Crippen molar-refractivity contribution in [3.63, 3.8) is 0 Å². The smallest absolute Gasteiger partial charge is 0.323 e. The van der Waals surface area contributed by atoms with Gasteiger partial charge in [0.25, 0.3) is 5.91 Å². The van der Waals surface area contributed by atoms with E-state index in [1.165, 1.54) is 38.5 Å². The van der Waals surface area contributed by atoms with Crippen LogP contribution in [0.15, 0.2) is 29.8 Å². The molecule has 6 nitrogen and oxygen atoms in total. The number of imide groups is 1.